The summed E-state index contributed by atoms with van der Waals surface area (Å²) in [5.41, 5.74) is 6.15. The molecular weight excluding hydrogens is 338 g/mol. The Morgan fingerprint density at radius 1 is 1.32 bits per heavy atom. The van der Waals surface area contributed by atoms with E-state index in [1.165, 1.54) is 4.57 Å². The molecule has 0 amide bonds. The van der Waals surface area contributed by atoms with Gasteiger partial charge in [0.05, 0.1) is 12.6 Å². The average molecular weight is 357 g/mol. The molecule has 0 radical (unpaired) electrons. The van der Waals surface area contributed by atoms with Crippen LogP contribution < -0.4 is 22.3 Å². The van der Waals surface area contributed by atoms with E-state index in [-0.39, 0.29) is 24.1 Å². The quantitative estimate of drug-likeness (QED) is 0.648. The number of nitrogens with one attached hydrogen (secondary N) is 2. The van der Waals surface area contributed by atoms with Crippen LogP contribution >= 0.6 is 11.3 Å². The fourth-order valence-corrected chi connectivity index (χ4v) is 3.28. The maximum atomic E-state index is 12.2. The highest BCUT2D eigenvalue weighted by Gasteiger charge is 2.17. The van der Waals surface area contributed by atoms with Gasteiger partial charge < -0.3 is 11.1 Å². The Morgan fingerprint density at radius 3 is 2.68 bits per heavy atom. The molecule has 7 nitrogen and oxygen atoms in total. The molecule has 1 aromatic carbocycles. The van der Waals surface area contributed by atoms with Crippen molar-refractivity contribution in [1.82, 2.24) is 14.5 Å². The van der Waals surface area contributed by atoms with E-state index in [9.17, 15) is 9.59 Å². The first-order valence-electron chi connectivity index (χ1n) is 7.81. The third-order valence-corrected chi connectivity index (χ3v) is 4.89. The molecule has 0 aliphatic rings. The predicted molar refractivity (Wildman–Crippen MR) is 100 cm³/mol. The molecule has 0 aliphatic heterocycles. The molecule has 3 rings (SSSR count). The maximum Gasteiger partial charge on any atom is 0.330 e. The number of nitrogens with zero attached hydrogens (tertiary/aromatic N) is 2. The molecule has 0 fully saturated rings. The molecule has 2 heterocycles. The number of benzene rings is 1. The van der Waals surface area contributed by atoms with Crippen molar-refractivity contribution in [2.75, 3.05) is 11.1 Å². The maximum absolute atomic E-state index is 12.2. The normalized spacial score (nSPS) is 12.1. The Bertz CT molecular complexity index is 990. The Kier molecular flexibility index (Phi) is 4.71. The summed E-state index contributed by atoms with van der Waals surface area (Å²) in [6, 6.07) is 9.25. The lowest BCUT2D eigenvalue weighted by Gasteiger charge is -2.17. The molecule has 0 saturated carbocycles. The van der Waals surface area contributed by atoms with Crippen molar-refractivity contribution in [2.45, 2.75) is 26.4 Å². The fourth-order valence-electron chi connectivity index (χ4n) is 2.50. The number of hydrogen-bond acceptors (Lipinski definition) is 6. The predicted octanol–water partition coefficient (Wildman–Crippen LogP) is 2.11. The number of aromatic nitrogens is 3. The molecule has 4 N–H and O–H groups in total. The smallest absolute Gasteiger partial charge is 0.330 e. The van der Waals surface area contributed by atoms with Crippen molar-refractivity contribution in [3.8, 4) is 0 Å². The third kappa shape index (κ3) is 3.63. The van der Waals surface area contributed by atoms with E-state index in [0.29, 0.717) is 0 Å². The summed E-state index contributed by atoms with van der Waals surface area (Å²) in [5.74, 6) is 0.109. The van der Waals surface area contributed by atoms with Crippen LogP contribution in [-0.2, 0) is 6.54 Å². The van der Waals surface area contributed by atoms with Crippen LogP contribution in [0.4, 0.5) is 11.5 Å². The van der Waals surface area contributed by atoms with Crippen LogP contribution in [0.2, 0.25) is 0 Å². The molecular formula is C17H19N5O2S. The molecule has 0 bridgehead atoms. The van der Waals surface area contributed by atoms with Crippen molar-refractivity contribution < 1.29 is 0 Å². The van der Waals surface area contributed by atoms with Gasteiger partial charge in [-0.3, -0.25) is 14.3 Å². The minimum absolute atomic E-state index is 0.109. The van der Waals surface area contributed by atoms with Crippen LogP contribution in [0, 0.1) is 6.92 Å². The van der Waals surface area contributed by atoms with E-state index in [4.69, 9.17) is 5.73 Å². The lowest BCUT2D eigenvalue weighted by Crippen LogP contribution is -2.34. The molecule has 1 atom stereocenters. The second-order valence-electron chi connectivity index (χ2n) is 5.77. The van der Waals surface area contributed by atoms with Crippen LogP contribution in [0.5, 0.6) is 0 Å². The van der Waals surface area contributed by atoms with Crippen molar-refractivity contribution in [3.63, 3.8) is 0 Å². The summed E-state index contributed by atoms with van der Waals surface area (Å²) < 4.78 is 1.35. The number of hydrogen-bond donors (Lipinski definition) is 3. The molecule has 3 aromatic rings. The summed E-state index contributed by atoms with van der Waals surface area (Å²) in [5, 5.41) is 3.93. The van der Waals surface area contributed by atoms with Crippen LogP contribution in [0.1, 0.15) is 28.4 Å². The minimum atomic E-state index is -0.535. The van der Waals surface area contributed by atoms with Gasteiger partial charge in [-0.2, -0.15) is 0 Å². The number of H-pyrrole nitrogens is 1. The molecule has 0 spiro atoms. The van der Waals surface area contributed by atoms with Gasteiger partial charge in [-0.1, -0.05) is 30.3 Å². The first-order valence-corrected chi connectivity index (χ1v) is 8.62. The highest BCUT2D eigenvalue weighted by molar-refractivity contribution is 7.11. The van der Waals surface area contributed by atoms with E-state index in [2.05, 4.69) is 15.3 Å². The number of rotatable bonds is 5. The second kappa shape index (κ2) is 6.94. The van der Waals surface area contributed by atoms with E-state index in [1.807, 2.05) is 44.2 Å². The largest absolute Gasteiger partial charge is 0.383 e. The number of nitrogen functional groups attached to an aromatic ring is 1. The molecule has 2 aromatic heterocycles. The first-order chi connectivity index (χ1) is 12.0. The summed E-state index contributed by atoms with van der Waals surface area (Å²) >= 11 is 1.54. The van der Waals surface area contributed by atoms with Gasteiger partial charge in [-0.15, -0.1) is 11.3 Å². The van der Waals surface area contributed by atoms with Gasteiger partial charge in [0, 0.05) is 11.1 Å². The van der Waals surface area contributed by atoms with Crippen molar-refractivity contribution in [1.29, 1.82) is 0 Å². The van der Waals surface area contributed by atoms with Gasteiger partial charge >= 0.3 is 5.69 Å². The molecule has 8 heteroatoms. The van der Waals surface area contributed by atoms with E-state index in [1.54, 1.807) is 17.5 Å². The fraction of sp³-hybridized carbons (Fsp3) is 0.235. The minimum Gasteiger partial charge on any atom is -0.383 e. The standard InChI is InChI=1S/C17H19N5O2S/c1-10-8-19-16(25-10)11(2)20-13-14(18)22(17(24)21-15(13)23)9-12-6-4-3-5-7-12/h3-8,11,20H,9,18H2,1-2H3,(H,21,23,24). The molecule has 1 unspecified atom stereocenters. The van der Waals surface area contributed by atoms with E-state index in [0.717, 1.165) is 15.4 Å². The van der Waals surface area contributed by atoms with E-state index < -0.39 is 11.2 Å². The Labute approximate surface area is 148 Å². The lowest BCUT2D eigenvalue weighted by molar-refractivity contribution is 0.729. The summed E-state index contributed by atoms with van der Waals surface area (Å²) in [4.78, 5) is 32.1. The zero-order valence-corrected chi connectivity index (χ0v) is 14.8. The number of aromatic amines is 1. The van der Waals surface area contributed by atoms with Crippen LogP contribution in [0.25, 0.3) is 0 Å². The Hall–Kier alpha value is -2.87. The first kappa shape index (κ1) is 17.0. The third-order valence-electron chi connectivity index (χ3n) is 3.79. The molecule has 0 aliphatic carbocycles. The number of nitrogens with two attached hydrogens (primary N) is 1. The zero-order valence-electron chi connectivity index (χ0n) is 13.9. The lowest BCUT2D eigenvalue weighted by atomic mass is 10.2. The van der Waals surface area contributed by atoms with Gasteiger partial charge in [-0.05, 0) is 19.4 Å². The SMILES string of the molecule is Cc1cnc(C(C)Nc2c(N)n(Cc3ccccc3)c(=O)[nH]c2=O)s1. The summed E-state index contributed by atoms with van der Waals surface area (Å²) in [7, 11) is 0. The van der Waals surface area contributed by atoms with Crippen molar-refractivity contribution >= 4 is 22.8 Å². The van der Waals surface area contributed by atoms with Crippen LogP contribution in [-0.4, -0.2) is 14.5 Å². The highest BCUT2D eigenvalue weighted by atomic mass is 32.1. The van der Waals surface area contributed by atoms with Gasteiger partial charge in [0.15, 0.2) is 0 Å². The van der Waals surface area contributed by atoms with Gasteiger partial charge in [0.1, 0.15) is 16.5 Å². The van der Waals surface area contributed by atoms with Crippen molar-refractivity contribution in [3.05, 3.63) is 72.8 Å². The second-order valence-corrected chi connectivity index (χ2v) is 7.03. The van der Waals surface area contributed by atoms with Gasteiger partial charge in [0.2, 0.25) is 0 Å². The monoisotopic (exact) mass is 357 g/mol. The highest BCUT2D eigenvalue weighted by Crippen LogP contribution is 2.24. The summed E-state index contributed by atoms with van der Waals surface area (Å²) in [6.07, 6.45) is 1.78. The van der Waals surface area contributed by atoms with Crippen LogP contribution in [0.15, 0.2) is 46.1 Å². The Balaban J connectivity index is 1.95. The zero-order chi connectivity index (χ0) is 18.0. The number of thiazole rings is 1. The number of aryl methyl sites for hydroxylation is 1. The van der Waals surface area contributed by atoms with E-state index >= 15 is 0 Å². The molecule has 130 valence electrons. The Morgan fingerprint density at radius 2 is 2.04 bits per heavy atom. The van der Waals surface area contributed by atoms with Gasteiger partial charge in [0.25, 0.3) is 5.56 Å². The molecule has 25 heavy (non-hydrogen) atoms. The number of anilines is 2. The average Bonchev–Trinajstić information content (AvgIpc) is 3.03. The summed E-state index contributed by atoms with van der Waals surface area (Å²) in [6.45, 7) is 4.14. The molecule has 0 saturated heterocycles. The topological polar surface area (TPSA) is 106 Å². The van der Waals surface area contributed by atoms with Crippen LogP contribution in [0.3, 0.4) is 0 Å². The van der Waals surface area contributed by atoms with Gasteiger partial charge in [-0.25, -0.2) is 9.78 Å². The van der Waals surface area contributed by atoms with Crippen molar-refractivity contribution in [2.24, 2.45) is 0 Å².